The first-order valence-electron chi connectivity index (χ1n) is 8.26. The minimum atomic E-state index is -0.0839. The van der Waals surface area contributed by atoms with Crippen molar-refractivity contribution >= 4 is 18.3 Å². The summed E-state index contributed by atoms with van der Waals surface area (Å²) in [5.74, 6) is 1.24. The number of ether oxygens (including phenoxy) is 1. The number of benzene rings is 1. The van der Waals surface area contributed by atoms with Crippen molar-refractivity contribution < 1.29 is 9.53 Å². The molecule has 1 amide bonds. The number of rotatable bonds is 7. The molecule has 0 aliphatic carbocycles. The summed E-state index contributed by atoms with van der Waals surface area (Å²) in [6.07, 6.45) is 2.88. The highest BCUT2D eigenvalue weighted by atomic mass is 35.5. The standard InChI is InChI=1S/C18H28N2O2.ClH/c1-14(15-8-10-19-11-9-15)12-18(21)20-13-17(22-2)16-6-4-3-5-7-16;/h3-7,14-15,17,19H,8-13H2,1-2H3,(H,20,21);1H. The van der Waals surface area contributed by atoms with Crippen LogP contribution in [-0.2, 0) is 9.53 Å². The molecule has 1 fully saturated rings. The maximum Gasteiger partial charge on any atom is 0.220 e. The lowest BCUT2D eigenvalue weighted by Gasteiger charge is -2.28. The number of piperidine rings is 1. The fraction of sp³-hybridized carbons (Fsp3) is 0.611. The molecular weight excluding hydrogens is 312 g/mol. The Hall–Kier alpha value is -1.10. The number of methoxy groups -OCH3 is 1. The Labute approximate surface area is 145 Å². The molecule has 130 valence electrons. The smallest absolute Gasteiger partial charge is 0.220 e. The van der Waals surface area contributed by atoms with E-state index in [1.54, 1.807) is 7.11 Å². The van der Waals surface area contributed by atoms with E-state index in [-0.39, 0.29) is 24.4 Å². The van der Waals surface area contributed by atoms with Crippen LogP contribution in [0.15, 0.2) is 30.3 Å². The first-order chi connectivity index (χ1) is 10.7. The van der Waals surface area contributed by atoms with Gasteiger partial charge in [0, 0.05) is 20.1 Å². The van der Waals surface area contributed by atoms with E-state index in [0.717, 1.165) is 18.7 Å². The molecule has 0 aromatic heterocycles. The van der Waals surface area contributed by atoms with E-state index >= 15 is 0 Å². The third-order valence-electron chi connectivity index (χ3n) is 4.64. The molecule has 0 radical (unpaired) electrons. The van der Waals surface area contributed by atoms with Crippen LogP contribution >= 0.6 is 12.4 Å². The molecule has 4 nitrogen and oxygen atoms in total. The van der Waals surface area contributed by atoms with Crippen molar-refractivity contribution in [3.8, 4) is 0 Å². The van der Waals surface area contributed by atoms with E-state index in [1.165, 1.54) is 12.8 Å². The molecule has 2 rings (SSSR count). The van der Waals surface area contributed by atoms with E-state index < -0.39 is 0 Å². The number of carbonyl (C=O) groups is 1. The SMILES string of the molecule is COC(CNC(=O)CC(C)C1CCNCC1)c1ccccc1.Cl. The van der Waals surface area contributed by atoms with Crippen LogP contribution in [0.1, 0.15) is 37.9 Å². The van der Waals surface area contributed by atoms with Crippen LogP contribution in [0, 0.1) is 11.8 Å². The van der Waals surface area contributed by atoms with E-state index in [9.17, 15) is 4.79 Å². The maximum absolute atomic E-state index is 12.2. The van der Waals surface area contributed by atoms with Gasteiger partial charge in [0.1, 0.15) is 0 Å². The summed E-state index contributed by atoms with van der Waals surface area (Å²) in [6, 6.07) is 10.0. The van der Waals surface area contributed by atoms with Gasteiger partial charge in [0.15, 0.2) is 0 Å². The van der Waals surface area contributed by atoms with Crippen molar-refractivity contribution in [2.75, 3.05) is 26.7 Å². The molecule has 2 N–H and O–H groups in total. The molecular formula is C18H29ClN2O2. The number of carbonyl (C=O) groups excluding carboxylic acids is 1. The fourth-order valence-electron chi connectivity index (χ4n) is 3.16. The monoisotopic (exact) mass is 340 g/mol. The van der Waals surface area contributed by atoms with Gasteiger partial charge in [-0.25, -0.2) is 0 Å². The number of amides is 1. The predicted molar refractivity (Wildman–Crippen MR) is 95.8 cm³/mol. The lowest BCUT2D eigenvalue weighted by atomic mass is 9.84. The summed E-state index contributed by atoms with van der Waals surface area (Å²) in [5, 5.41) is 6.39. The predicted octanol–water partition coefficient (Wildman–Crippen LogP) is 2.94. The summed E-state index contributed by atoms with van der Waals surface area (Å²) in [4.78, 5) is 12.2. The van der Waals surface area contributed by atoms with Crippen molar-refractivity contribution in [1.82, 2.24) is 10.6 Å². The number of hydrogen-bond donors (Lipinski definition) is 2. The number of hydrogen-bond acceptors (Lipinski definition) is 3. The Kier molecular flexibility index (Phi) is 9.22. The quantitative estimate of drug-likeness (QED) is 0.802. The van der Waals surface area contributed by atoms with E-state index in [2.05, 4.69) is 17.6 Å². The van der Waals surface area contributed by atoms with Gasteiger partial charge >= 0.3 is 0 Å². The zero-order valence-electron chi connectivity index (χ0n) is 14.1. The topological polar surface area (TPSA) is 50.4 Å². The summed E-state index contributed by atoms with van der Waals surface area (Å²) < 4.78 is 5.49. The molecule has 2 unspecified atom stereocenters. The van der Waals surface area contributed by atoms with Gasteiger partial charge in [-0.15, -0.1) is 12.4 Å². The van der Waals surface area contributed by atoms with Crippen molar-refractivity contribution in [3.63, 3.8) is 0 Å². The second kappa shape index (κ2) is 10.6. The van der Waals surface area contributed by atoms with Gasteiger partial charge in [-0.2, -0.15) is 0 Å². The summed E-state index contributed by atoms with van der Waals surface area (Å²) in [7, 11) is 1.68. The molecule has 1 aliphatic rings. The molecule has 0 spiro atoms. The highest BCUT2D eigenvalue weighted by Gasteiger charge is 2.22. The van der Waals surface area contributed by atoms with Gasteiger partial charge in [0.2, 0.25) is 5.91 Å². The molecule has 2 atom stereocenters. The average molecular weight is 341 g/mol. The van der Waals surface area contributed by atoms with Crippen LogP contribution in [0.5, 0.6) is 0 Å². The van der Waals surface area contributed by atoms with Gasteiger partial charge in [-0.05, 0) is 43.3 Å². The van der Waals surface area contributed by atoms with E-state index in [1.807, 2.05) is 30.3 Å². The van der Waals surface area contributed by atoms with Gasteiger partial charge in [-0.3, -0.25) is 4.79 Å². The zero-order valence-corrected chi connectivity index (χ0v) is 14.9. The second-order valence-corrected chi connectivity index (χ2v) is 6.21. The molecule has 1 aliphatic heterocycles. The van der Waals surface area contributed by atoms with Crippen molar-refractivity contribution in [2.45, 2.75) is 32.3 Å². The van der Waals surface area contributed by atoms with Gasteiger partial charge in [0.05, 0.1) is 6.10 Å². The summed E-state index contributed by atoms with van der Waals surface area (Å²) in [5.41, 5.74) is 1.09. The minimum Gasteiger partial charge on any atom is -0.375 e. The first-order valence-corrected chi connectivity index (χ1v) is 8.26. The van der Waals surface area contributed by atoms with E-state index in [4.69, 9.17) is 4.74 Å². The minimum absolute atomic E-state index is 0. The highest BCUT2D eigenvalue weighted by molar-refractivity contribution is 5.85. The molecule has 0 saturated carbocycles. The molecule has 1 aromatic rings. The summed E-state index contributed by atoms with van der Waals surface area (Å²) in [6.45, 7) is 4.88. The third kappa shape index (κ3) is 6.50. The Morgan fingerprint density at radius 1 is 1.30 bits per heavy atom. The Balaban J connectivity index is 0.00000264. The van der Waals surface area contributed by atoms with Crippen LogP contribution in [0.4, 0.5) is 0 Å². The lowest BCUT2D eigenvalue weighted by Crippen LogP contribution is -2.34. The molecule has 23 heavy (non-hydrogen) atoms. The number of halogens is 1. The van der Waals surface area contributed by atoms with Crippen molar-refractivity contribution in [1.29, 1.82) is 0 Å². The average Bonchev–Trinajstić information content (AvgIpc) is 2.57. The Bertz CT molecular complexity index is 450. The van der Waals surface area contributed by atoms with Crippen LogP contribution < -0.4 is 10.6 Å². The normalized spacial score (nSPS) is 17.8. The van der Waals surface area contributed by atoms with Crippen molar-refractivity contribution in [2.24, 2.45) is 11.8 Å². The van der Waals surface area contributed by atoms with Gasteiger partial charge < -0.3 is 15.4 Å². The molecule has 1 aromatic carbocycles. The molecule has 1 saturated heterocycles. The summed E-state index contributed by atoms with van der Waals surface area (Å²) >= 11 is 0. The Morgan fingerprint density at radius 2 is 1.96 bits per heavy atom. The lowest BCUT2D eigenvalue weighted by molar-refractivity contribution is -0.122. The maximum atomic E-state index is 12.2. The van der Waals surface area contributed by atoms with Gasteiger partial charge in [-0.1, -0.05) is 37.3 Å². The highest BCUT2D eigenvalue weighted by Crippen LogP contribution is 2.24. The largest absolute Gasteiger partial charge is 0.375 e. The first kappa shape index (κ1) is 19.9. The second-order valence-electron chi connectivity index (χ2n) is 6.21. The zero-order chi connectivity index (χ0) is 15.8. The van der Waals surface area contributed by atoms with Crippen LogP contribution in [0.25, 0.3) is 0 Å². The van der Waals surface area contributed by atoms with Crippen LogP contribution in [0.3, 0.4) is 0 Å². The Morgan fingerprint density at radius 3 is 2.57 bits per heavy atom. The molecule has 5 heteroatoms. The molecule has 0 bridgehead atoms. The third-order valence-corrected chi connectivity index (χ3v) is 4.64. The number of nitrogens with one attached hydrogen (secondary N) is 2. The van der Waals surface area contributed by atoms with Crippen LogP contribution in [0.2, 0.25) is 0 Å². The van der Waals surface area contributed by atoms with E-state index in [0.29, 0.717) is 24.8 Å². The molecule has 1 heterocycles. The fourth-order valence-corrected chi connectivity index (χ4v) is 3.16. The van der Waals surface area contributed by atoms with Crippen molar-refractivity contribution in [3.05, 3.63) is 35.9 Å². The van der Waals surface area contributed by atoms with Crippen LogP contribution in [-0.4, -0.2) is 32.7 Å². The van der Waals surface area contributed by atoms with Gasteiger partial charge in [0.25, 0.3) is 0 Å².